The van der Waals surface area contributed by atoms with Crippen molar-refractivity contribution in [3.05, 3.63) is 0 Å². The molecule has 2 amide bonds. The third kappa shape index (κ3) is 3.74. The Morgan fingerprint density at radius 1 is 1.09 bits per heavy atom. The lowest BCUT2D eigenvalue weighted by molar-refractivity contribution is -0.150. The molecule has 0 aliphatic carbocycles. The Labute approximate surface area is 138 Å². The summed E-state index contributed by atoms with van der Waals surface area (Å²) < 4.78 is 0. The largest absolute Gasteiger partial charge is 0.368 e. The smallest absolute Gasteiger partial charge is 0.290 e. The van der Waals surface area contributed by atoms with Crippen molar-refractivity contribution < 1.29 is 14.4 Å². The van der Waals surface area contributed by atoms with Crippen LogP contribution in [0.15, 0.2) is 0 Å². The maximum atomic E-state index is 12.4. The second-order valence-corrected chi connectivity index (χ2v) is 7.39. The number of Topliss-reactive ketones (excluding diaryl/α,β-unsaturated/α-hetero) is 1. The summed E-state index contributed by atoms with van der Waals surface area (Å²) in [5.41, 5.74) is 4.89. The van der Waals surface area contributed by atoms with Crippen molar-refractivity contribution in [3.63, 3.8) is 0 Å². The Hall–Kier alpha value is -1.43. The standard InChI is InChI=1S/C17H29N3O3/c1-4-17(2,3)14(21)16(23)19-10-7-12(8-11-19)20-9-5-6-13(20)15(18)22/h12-13H,4-11H2,1-3H3,(H2,18,22). The van der Waals surface area contributed by atoms with E-state index in [4.69, 9.17) is 5.73 Å². The first-order valence-corrected chi connectivity index (χ1v) is 8.66. The molecule has 0 aromatic heterocycles. The highest BCUT2D eigenvalue weighted by Crippen LogP contribution is 2.27. The summed E-state index contributed by atoms with van der Waals surface area (Å²) in [6.07, 6.45) is 4.08. The molecule has 2 N–H and O–H groups in total. The maximum absolute atomic E-state index is 12.4. The number of primary amides is 1. The number of amides is 2. The second-order valence-electron chi connectivity index (χ2n) is 7.39. The summed E-state index contributed by atoms with van der Waals surface area (Å²) in [4.78, 5) is 40.1. The molecule has 0 aromatic rings. The van der Waals surface area contributed by atoms with E-state index >= 15 is 0 Å². The van der Waals surface area contributed by atoms with Crippen molar-refractivity contribution in [1.82, 2.24) is 9.80 Å². The molecule has 2 saturated heterocycles. The Morgan fingerprint density at radius 2 is 1.70 bits per heavy atom. The summed E-state index contributed by atoms with van der Waals surface area (Å²) in [7, 11) is 0. The first kappa shape index (κ1) is 17.9. The molecule has 0 spiro atoms. The Kier molecular flexibility index (Phi) is 5.45. The van der Waals surface area contributed by atoms with Gasteiger partial charge in [0.1, 0.15) is 0 Å². The van der Waals surface area contributed by atoms with Crippen molar-refractivity contribution in [2.75, 3.05) is 19.6 Å². The molecule has 0 saturated carbocycles. The summed E-state index contributed by atoms with van der Waals surface area (Å²) in [5.74, 6) is -0.904. The van der Waals surface area contributed by atoms with Crippen molar-refractivity contribution in [2.24, 2.45) is 11.1 Å². The molecule has 23 heavy (non-hydrogen) atoms. The molecule has 0 aromatic carbocycles. The highest BCUT2D eigenvalue weighted by molar-refractivity contribution is 6.37. The van der Waals surface area contributed by atoms with Crippen LogP contribution in [0, 0.1) is 5.41 Å². The lowest BCUT2D eigenvalue weighted by Gasteiger charge is -2.39. The van der Waals surface area contributed by atoms with Gasteiger partial charge in [-0.3, -0.25) is 19.3 Å². The van der Waals surface area contributed by atoms with Crippen LogP contribution in [0.4, 0.5) is 0 Å². The molecule has 6 heteroatoms. The third-order valence-electron chi connectivity index (χ3n) is 5.54. The lowest BCUT2D eigenvalue weighted by Crippen LogP contribution is -2.53. The van der Waals surface area contributed by atoms with Gasteiger partial charge in [-0.15, -0.1) is 0 Å². The molecule has 2 aliphatic heterocycles. The Bertz CT molecular complexity index is 481. The summed E-state index contributed by atoms with van der Waals surface area (Å²) in [6.45, 7) is 7.63. The van der Waals surface area contributed by atoms with E-state index in [1.807, 2.05) is 20.8 Å². The van der Waals surface area contributed by atoms with Crippen LogP contribution < -0.4 is 5.73 Å². The number of nitrogens with two attached hydrogens (primary N) is 1. The molecule has 1 atom stereocenters. The molecule has 2 rings (SSSR count). The van der Waals surface area contributed by atoms with E-state index < -0.39 is 5.41 Å². The number of likely N-dealkylation sites (tertiary alicyclic amines) is 2. The minimum absolute atomic E-state index is 0.164. The van der Waals surface area contributed by atoms with Gasteiger partial charge in [0.25, 0.3) is 5.91 Å². The van der Waals surface area contributed by atoms with Crippen LogP contribution in [0.2, 0.25) is 0 Å². The van der Waals surface area contributed by atoms with Gasteiger partial charge in [0, 0.05) is 24.5 Å². The SMILES string of the molecule is CCC(C)(C)C(=O)C(=O)N1CCC(N2CCCC2C(N)=O)CC1. The van der Waals surface area contributed by atoms with E-state index in [1.165, 1.54) is 0 Å². The molecule has 0 bridgehead atoms. The number of rotatable bonds is 5. The third-order valence-corrected chi connectivity index (χ3v) is 5.54. The maximum Gasteiger partial charge on any atom is 0.290 e. The number of hydrogen-bond donors (Lipinski definition) is 1. The van der Waals surface area contributed by atoms with Gasteiger partial charge in [-0.2, -0.15) is 0 Å². The number of carbonyl (C=O) groups is 3. The van der Waals surface area contributed by atoms with Gasteiger partial charge in [-0.05, 0) is 38.6 Å². The van der Waals surface area contributed by atoms with Crippen molar-refractivity contribution in [3.8, 4) is 0 Å². The zero-order valence-corrected chi connectivity index (χ0v) is 14.5. The van der Waals surface area contributed by atoms with Gasteiger partial charge < -0.3 is 10.6 Å². The van der Waals surface area contributed by atoms with E-state index in [2.05, 4.69) is 4.90 Å². The fourth-order valence-corrected chi connectivity index (χ4v) is 3.53. The van der Waals surface area contributed by atoms with E-state index in [9.17, 15) is 14.4 Å². The molecule has 0 radical (unpaired) electrons. The molecule has 6 nitrogen and oxygen atoms in total. The molecule has 1 unspecified atom stereocenters. The molecular weight excluding hydrogens is 294 g/mol. The van der Waals surface area contributed by atoms with Gasteiger partial charge in [0.15, 0.2) is 0 Å². The summed E-state index contributed by atoms with van der Waals surface area (Å²) >= 11 is 0. The van der Waals surface area contributed by atoms with Crippen LogP contribution in [-0.4, -0.2) is 59.1 Å². The van der Waals surface area contributed by atoms with E-state index in [1.54, 1.807) is 4.90 Å². The zero-order valence-electron chi connectivity index (χ0n) is 14.5. The number of hydrogen-bond acceptors (Lipinski definition) is 4. The summed E-state index contributed by atoms with van der Waals surface area (Å²) in [5, 5.41) is 0. The quantitative estimate of drug-likeness (QED) is 0.763. The molecule has 2 heterocycles. The highest BCUT2D eigenvalue weighted by atomic mass is 16.2. The average Bonchev–Trinajstić information content (AvgIpc) is 3.03. The van der Waals surface area contributed by atoms with Crippen LogP contribution in [0.3, 0.4) is 0 Å². The Morgan fingerprint density at radius 3 is 2.22 bits per heavy atom. The zero-order chi connectivity index (χ0) is 17.2. The van der Waals surface area contributed by atoms with Crippen LogP contribution in [0.1, 0.15) is 52.9 Å². The fourth-order valence-electron chi connectivity index (χ4n) is 3.53. The summed E-state index contributed by atoms with van der Waals surface area (Å²) in [6, 6.07) is 0.122. The molecule has 130 valence electrons. The minimum atomic E-state index is -0.597. The predicted molar refractivity (Wildman–Crippen MR) is 87.6 cm³/mol. The van der Waals surface area contributed by atoms with Gasteiger partial charge >= 0.3 is 0 Å². The first-order chi connectivity index (χ1) is 10.8. The molecule has 2 aliphatic rings. The van der Waals surface area contributed by atoms with E-state index in [0.717, 1.165) is 32.2 Å². The first-order valence-electron chi connectivity index (χ1n) is 8.66. The monoisotopic (exact) mass is 323 g/mol. The van der Waals surface area contributed by atoms with E-state index in [-0.39, 0.29) is 29.7 Å². The number of piperidine rings is 1. The van der Waals surface area contributed by atoms with Crippen LogP contribution in [0.25, 0.3) is 0 Å². The Balaban J connectivity index is 1.92. The molecular formula is C17H29N3O3. The number of ketones is 1. The number of carbonyl (C=O) groups excluding carboxylic acids is 3. The molecule has 2 fully saturated rings. The lowest BCUT2D eigenvalue weighted by atomic mass is 9.84. The van der Waals surface area contributed by atoms with Gasteiger partial charge in [0.05, 0.1) is 6.04 Å². The topological polar surface area (TPSA) is 83.7 Å². The average molecular weight is 323 g/mol. The van der Waals surface area contributed by atoms with Crippen molar-refractivity contribution >= 4 is 17.6 Å². The van der Waals surface area contributed by atoms with Crippen LogP contribution in [-0.2, 0) is 14.4 Å². The van der Waals surface area contributed by atoms with Crippen molar-refractivity contribution in [2.45, 2.75) is 65.0 Å². The normalized spacial score (nSPS) is 24.0. The van der Waals surface area contributed by atoms with Crippen molar-refractivity contribution in [1.29, 1.82) is 0 Å². The second kappa shape index (κ2) is 6.99. The van der Waals surface area contributed by atoms with Crippen LogP contribution in [0.5, 0.6) is 0 Å². The fraction of sp³-hybridized carbons (Fsp3) is 0.824. The number of nitrogens with zero attached hydrogens (tertiary/aromatic N) is 2. The minimum Gasteiger partial charge on any atom is -0.368 e. The van der Waals surface area contributed by atoms with Crippen LogP contribution >= 0.6 is 0 Å². The van der Waals surface area contributed by atoms with Gasteiger partial charge in [0.2, 0.25) is 11.7 Å². The highest BCUT2D eigenvalue weighted by Gasteiger charge is 2.39. The van der Waals surface area contributed by atoms with Gasteiger partial charge in [-0.1, -0.05) is 20.8 Å². The predicted octanol–water partition coefficient (Wildman–Crippen LogP) is 0.932. The van der Waals surface area contributed by atoms with E-state index in [0.29, 0.717) is 19.5 Å². The van der Waals surface area contributed by atoms with Gasteiger partial charge in [-0.25, -0.2) is 0 Å².